The summed E-state index contributed by atoms with van der Waals surface area (Å²) in [4.78, 5) is 2.11. The van der Waals surface area contributed by atoms with Crippen LogP contribution in [0.4, 0.5) is 0 Å². The van der Waals surface area contributed by atoms with E-state index in [9.17, 15) is 0 Å². The zero-order valence-corrected chi connectivity index (χ0v) is 7.75. The lowest BCUT2D eigenvalue weighted by Crippen LogP contribution is -2.29. The fraction of sp³-hybridized carbons (Fsp3) is 0.778. The van der Waals surface area contributed by atoms with Gasteiger partial charge in [0.25, 0.3) is 0 Å². The molecule has 3 heteroatoms. The van der Waals surface area contributed by atoms with E-state index in [2.05, 4.69) is 17.0 Å². The molecule has 0 heterocycles. The fourth-order valence-electron chi connectivity index (χ4n) is 0.916. The summed E-state index contributed by atoms with van der Waals surface area (Å²) in [5.74, 6) is 0. The van der Waals surface area contributed by atoms with Crippen LogP contribution >= 0.6 is 0 Å². The van der Waals surface area contributed by atoms with Crippen LogP contribution in [-0.2, 0) is 0 Å². The Balaban J connectivity index is 3.52. The van der Waals surface area contributed by atoms with Gasteiger partial charge in [0.05, 0.1) is 18.6 Å². The van der Waals surface area contributed by atoms with Gasteiger partial charge >= 0.3 is 0 Å². The maximum absolute atomic E-state index is 8.43. The average molecular weight is 165 g/mol. The van der Waals surface area contributed by atoms with Crippen molar-refractivity contribution < 1.29 is 0 Å². The Labute approximate surface area is 74.2 Å². The number of unbranched alkanes of at least 4 members (excludes halogenated alkanes) is 1. The lowest BCUT2D eigenvalue weighted by molar-refractivity contribution is 0.258. The van der Waals surface area contributed by atoms with E-state index in [0.29, 0.717) is 18.9 Å². The Morgan fingerprint density at radius 1 is 1.33 bits per heavy atom. The predicted octanol–water partition coefficient (Wildman–Crippen LogP) is 1.52. The number of nitrogens with zero attached hydrogens (tertiary/aromatic N) is 3. The lowest BCUT2D eigenvalue weighted by Gasteiger charge is -2.21. The Kier molecular flexibility index (Phi) is 6.05. The van der Waals surface area contributed by atoms with Crippen molar-refractivity contribution in [3.05, 3.63) is 0 Å². The molecule has 0 bridgehead atoms. The standard InChI is InChI=1S/C9H15N3/c1-9(5-7-11)12(2)8-4-3-6-10/h9H,3-5,8H2,1-2H3. The maximum Gasteiger partial charge on any atom is 0.0638 e. The van der Waals surface area contributed by atoms with Gasteiger partial charge in [-0.1, -0.05) is 0 Å². The number of hydrogen-bond donors (Lipinski definition) is 0. The predicted molar refractivity (Wildman–Crippen MR) is 47.2 cm³/mol. The summed E-state index contributed by atoms with van der Waals surface area (Å²) in [6.45, 7) is 2.92. The summed E-state index contributed by atoms with van der Waals surface area (Å²) >= 11 is 0. The molecule has 0 aromatic carbocycles. The third-order valence-corrected chi connectivity index (χ3v) is 1.94. The lowest BCUT2D eigenvalue weighted by atomic mass is 10.2. The molecule has 1 atom stereocenters. The van der Waals surface area contributed by atoms with Crippen LogP contribution in [0.1, 0.15) is 26.2 Å². The van der Waals surface area contributed by atoms with E-state index >= 15 is 0 Å². The van der Waals surface area contributed by atoms with Crippen molar-refractivity contribution in [3.8, 4) is 12.1 Å². The smallest absolute Gasteiger partial charge is 0.0638 e. The molecule has 0 aliphatic carbocycles. The summed E-state index contributed by atoms with van der Waals surface area (Å²) in [5.41, 5.74) is 0. The van der Waals surface area contributed by atoms with E-state index in [0.717, 1.165) is 13.0 Å². The summed E-state index contributed by atoms with van der Waals surface area (Å²) in [6, 6.07) is 4.53. The number of nitriles is 2. The Morgan fingerprint density at radius 2 is 2.00 bits per heavy atom. The van der Waals surface area contributed by atoms with Crippen molar-refractivity contribution in [2.24, 2.45) is 0 Å². The Hall–Kier alpha value is -1.06. The minimum absolute atomic E-state index is 0.300. The molecule has 0 radical (unpaired) electrons. The first kappa shape index (κ1) is 10.9. The molecule has 0 amide bonds. The van der Waals surface area contributed by atoms with Gasteiger partial charge in [-0.3, -0.25) is 0 Å². The van der Waals surface area contributed by atoms with Gasteiger partial charge in [0.15, 0.2) is 0 Å². The minimum atomic E-state index is 0.300. The second-order valence-electron chi connectivity index (χ2n) is 2.95. The van der Waals surface area contributed by atoms with Gasteiger partial charge in [-0.25, -0.2) is 0 Å². The quantitative estimate of drug-likeness (QED) is 0.580. The monoisotopic (exact) mass is 165 g/mol. The molecule has 12 heavy (non-hydrogen) atoms. The van der Waals surface area contributed by atoms with Crippen LogP contribution in [0.2, 0.25) is 0 Å². The fourth-order valence-corrected chi connectivity index (χ4v) is 0.916. The van der Waals surface area contributed by atoms with Crippen molar-refractivity contribution in [2.75, 3.05) is 13.6 Å². The molecule has 0 aliphatic heterocycles. The van der Waals surface area contributed by atoms with E-state index in [-0.39, 0.29) is 0 Å². The van der Waals surface area contributed by atoms with Gasteiger partial charge < -0.3 is 4.90 Å². The topological polar surface area (TPSA) is 50.8 Å². The second kappa shape index (κ2) is 6.64. The third kappa shape index (κ3) is 4.71. The molecule has 0 saturated heterocycles. The molecular formula is C9H15N3. The first-order valence-corrected chi connectivity index (χ1v) is 4.16. The van der Waals surface area contributed by atoms with E-state index in [1.165, 1.54) is 0 Å². The average Bonchev–Trinajstić information content (AvgIpc) is 2.05. The van der Waals surface area contributed by atoms with Gasteiger partial charge in [-0.15, -0.1) is 0 Å². The van der Waals surface area contributed by atoms with E-state index in [1.54, 1.807) is 0 Å². The summed E-state index contributed by atoms with van der Waals surface area (Å²) in [7, 11) is 1.99. The molecule has 0 aromatic heterocycles. The van der Waals surface area contributed by atoms with Crippen LogP contribution in [0, 0.1) is 22.7 Å². The largest absolute Gasteiger partial charge is 0.303 e. The highest BCUT2D eigenvalue weighted by Gasteiger charge is 2.06. The van der Waals surface area contributed by atoms with Crippen molar-refractivity contribution >= 4 is 0 Å². The SMILES string of the molecule is CC(CC#N)N(C)CCCC#N. The molecule has 0 N–H and O–H groups in total. The summed E-state index contributed by atoms with van der Waals surface area (Å²) in [5, 5.41) is 16.7. The highest BCUT2D eigenvalue weighted by molar-refractivity contribution is 4.79. The first-order chi connectivity index (χ1) is 5.72. The van der Waals surface area contributed by atoms with Gasteiger partial charge in [-0.05, 0) is 26.9 Å². The van der Waals surface area contributed by atoms with Crippen molar-refractivity contribution in [1.82, 2.24) is 4.90 Å². The molecule has 0 aliphatic rings. The summed E-state index contributed by atoms with van der Waals surface area (Å²) < 4.78 is 0. The van der Waals surface area contributed by atoms with Crippen LogP contribution in [0.3, 0.4) is 0 Å². The first-order valence-electron chi connectivity index (χ1n) is 4.16. The van der Waals surface area contributed by atoms with E-state index in [4.69, 9.17) is 10.5 Å². The van der Waals surface area contributed by atoms with Crippen molar-refractivity contribution in [3.63, 3.8) is 0 Å². The van der Waals surface area contributed by atoms with Crippen molar-refractivity contribution in [2.45, 2.75) is 32.2 Å². The van der Waals surface area contributed by atoms with Crippen molar-refractivity contribution in [1.29, 1.82) is 10.5 Å². The molecule has 3 nitrogen and oxygen atoms in total. The van der Waals surface area contributed by atoms with Crippen LogP contribution in [0.25, 0.3) is 0 Å². The second-order valence-corrected chi connectivity index (χ2v) is 2.95. The highest BCUT2D eigenvalue weighted by Crippen LogP contribution is 2.01. The zero-order chi connectivity index (χ0) is 9.40. The summed E-state index contributed by atoms with van der Waals surface area (Å²) in [6.07, 6.45) is 2.05. The Bertz CT molecular complexity index is 187. The number of rotatable bonds is 5. The van der Waals surface area contributed by atoms with Gasteiger partial charge in [0.2, 0.25) is 0 Å². The highest BCUT2D eigenvalue weighted by atomic mass is 15.1. The molecule has 0 saturated carbocycles. The van der Waals surface area contributed by atoms with Crippen LogP contribution in [-0.4, -0.2) is 24.5 Å². The van der Waals surface area contributed by atoms with Crippen LogP contribution in [0.5, 0.6) is 0 Å². The molecule has 0 spiro atoms. The maximum atomic E-state index is 8.43. The molecule has 0 rings (SSSR count). The van der Waals surface area contributed by atoms with Gasteiger partial charge in [0, 0.05) is 12.5 Å². The minimum Gasteiger partial charge on any atom is -0.303 e. The van der Waals surface area contributed by atoms with E-state index in [1.807, 2.05) is 14.0 Å². The van der Waals surface area contributed by atoms with E-state index < -0.39 is 0 Å². The zero-order valence-electron chi connectivity index (χ0n) is 7.75. The van der Waals surface area contributed by atoms with Crippen LogP contribution in [0.15, 0.2) is 0 Å². The third-order valence-electron chi connectivity index (χ3n) is 1.94. The molecule has 0 aromatic rings. The Morgan fingerprint density at radius 3 is 2.50 bits per heavy atom. The normalized spacial score (nSPS) is 12.1. The van der Waals surface area contributed by atoms with Gasteiger partial charge in [-0.2, -0.15) is 10.5 Å². The van der Waals surface area contributed by atoms with Gasteiger partial charge in [0.1, 0.15) is 0 Å². The molecular weight excluding hydrogens is 150 g/mol. The van der Waals surface area contributed by atoms with Crippen LogP contribution < -0.4 is 0 Å². The number of hydrogen-bond acceptors (Lipinski definition) is 3. The molecule has 0 fully saturated rings. The molecule has 1 unspecified atom stereocenters. The molecule has 66 valence electrons.